The number of benzene rings is 1. The number of H-pyrrole nitrogens is 1. The average Bonchev–Trinajstić information content (AvgIpc) is 3.74. The van der Waals surface area contributed by atoms with Gasteiger partial charge in [-0.1, -0.05) is 6.07 Å². The molecule has 3 aromatic heterocycles. The Morgan fingerprint density at radius 2 is 1.76 bits per heavy atom. The number of hydrogen-bond acceptors (Lipinski definition) is 8. The Hall–Kier alpha value is -4.40. The number of halogens is 5. The third-order valence-corrected chi connectivity index (χ3v) is 8.96. The van der Waals surface area contributed by atoms with Crippen LogP contribution in [0.4, 0.5) is 39.5 Å². The molecule has 10 nitrogen and oxygen atoms in total. The van der Waals surface area contributed by atoms with Gasteiger partial charge in [0.2, 0.25) is 11.9 Å². The summed E-state index contributed by atoms with van der Waals surface area (Å²) in [6, 6.07) is 11.0. The first kappa shape index (κ1) is 29.3. The molecule has 0 spiro atoms. The number of rotatable bonds is 7. The van der Waals surface area contributed by atoms with Gasteiger partial charge < -0.3 is 20.1 Å². The summed E-state index contributed by atoms with van der Waals surface area (Å²) < 4.78 is 67.0. The number of carbonyl (C=O) groups excluding carboxylic acids is 1. The number of nitrogens with zero attached hydrogens (tertiary/aromatic N) is 7. The van der Waals surface area contributed by atoms with Crippen LogP contribution < -0.4 is 10.2 Å². The quantitative estimate of drug-likeness (QED) is 0.271. The Kier molecular flexibility index (Phi) is 6.91. The summed E-state index contributed by atoms with van der Waals surface area (Å²) in [5.41, 5.74) is 1.59. The highest BCUT2D eigenvalue weighted by atomic mass is 19.4. The lowest BCUT2D eigenvalue weighted by Crippen LogP contribution is -2.56. The van der Waals surface area contributed by atoms with Gasteiger partial charge in [0, 0.05) is 50.0 Å². The van der Waals surface area contributed by atoms with Crippen LogP contribution in [0.3, 0.4) is 0 Å². The van der Waals surface area contributed by atoms with E-state index in [0.717, 1.165) is 16.6 Å². The smallest absolute Gasteiger partial charge is 0.344 e. The maximum Gasteiger partial charge on any atom is 0.403 e. The van der Waals surface area contributed by atoms with Crippen molar-refractivity contribution in [2.24, 2.45) is 5.41 Å². The van der Waals surface area contributed by atoms with Crippen LogP contribution in [0.2, 0.25) is 0 Å². The van der Waals surface area contributed by atoms with Gasteiger partial charge >= 0.3 is 6.18 Å². The van der Waals surface area contributed by atoms with Gasteiger partial charge in [0.05, 0.1) is 29.8 Å². The van der Waals surface area contributed by atoms with Crippen molar-refractivity contribution in [1.82, 2.24) is 34.7 Å². The van der Waals surface area contributed by atoms with Crippen molar-refractivity contribution in [3.05, 3.63) is 54.5 Å². The van der Waals surface area contributed by atoms with Gasteiger partial charge in [-0.15, -0.1) is 0 Å². The van der Waals surface area contributed by atoms with Crippen LogP contribution >= 0.6 is 0 Å². The number of pyridine rings is 1. The summed E-state index contributed by atoms with van der Waals surface area (Å²) >= 11 is 0. The Labute approximate surface area is 254 Å². The van der Waals surface area contributed by atoms with Crippen LogP contribution in [-0.2, 0) is 4.79 Å². The van der Waals surface area contributed by atoms with E-state index in [-0.39, 0.29) is 45.1 Å². The number of alkyl halides is 5. The molecule has 2 aliphatic heterocycles. The highest BCUT2D eigenvalue weighted by Gasteiger charge is 2.69. The van der Waals surface area contributed by atoms with Crippen LogP contribution in [0.1, 0.15) is 31.4 Å². The third kappa shape index (κ3) is 5.53. The second kappa shape index (κ2) is 10.6. The number of aromatic amines is 1. The zero-order valence-electron chi connectivity index (χ0n) is 24.3. The van der Waals surface area contributed by atoms with E-state index in [0.29, 0.717) is 41.9 Å². The molecule has 1 aliphatic carbocycles. The molecule has 1 amide bonds. The van der Waals surface area contributed by atoms with Crippen LogP contribution in [0.5, 0.6) is 0 Å². The van der Waals surface area contributed by atoms with Gasteiger partial charge in [-0.3, -0.25) is 9.69 Å². The largest absolute Gasteiger partial charge is 0.403 e. The van der Waals surface area contributed by atoms with Crippen LogP contribution in [0.25, 0.3) is 22.3 Å². The summed E-state index contributed by atoms with van der Waals surface area (Å²) in [6.45, 7) is 2.73. The van der Waals surface area contributed by atoms with Gasteiger partial charge in [0.25, 0.3) is 5.92 Å². The first-order valence-electron chi connectivity index (χ1n) is 14.7. The lowest BCUT2D eigenvalue weighted by molar-refractivity contribution is -0.199. The first-order valence-corrected chi connectivity index (χ1v) is 14.7. The summed E-state index contributed by atoms with van der Waals surface area (Å²) in [6.07, 6.45) is -1.72. The summed E-state index contributed by atoms with van der Waals surface area (Å²) in [7, 11) is 0. The molecule has 0 bridgehead atoms. The fraction of sp³-hybridized carbons (Fsp3) is 0.433. The van der Waals surface area contributed by atoms with E-state index in [9.17, 15) is 26.7 Å². The lowest BCUT2D eigenvalue weighted by atomic mass is 10.0. The normalized spacial score (nSPS) is 20.1. The molecule has 0 radical (unpaired) electrons. The Bertz CT molecular complexity index is 1740. The molecule has 5 heterocycles. The van der Waals surface area contributed by atoms with Crippen molar-refractivity contribution in [2.45, 2.75) is 37.9 Å². The van der Waals surface area contributed by atoms with Gasteiger partial charge in [0.15, 0.2) is 0 Å². The molecule has 4 aromatic rings. The zero-order valence-corrected chi connectivity index (χ0v) is 24.3. The average molecular weight is 628 g/mol. The predicted octanol–water partition coefficient (Wildman–Crippen LogP) is 5.16. The Morgan fingerprint density at radius 1 is 1.00 bits per heavy atom. The van der Waals surface area contributed by atoms with Crippen molar-refractivity contribution in [3.8, 4) is 11.3 Å². The van der Waals surface area contributed by atoms with Crippen LogP contribution in [-0.4, -0.2) is 92.0 Å². The molecule has 1 atom stereocenters. The van der Waals surface area contributed by atoms with Gasteiger partial charge in [-0.2, -0.15) is 13.2 Å². The highest BCUT2D eigenvalue weighted by molar-refractivity contribution is 5.86. The van der Waals surface area contributed by atoms with Crippen LogP contribution in [0.15, 0.2) is 48.9 Å². The number of aromatic nitrogens is 5. The molecular formula is C30H30F5N9O. The van der Waals surface area contributed by atoms with Crippen molar-refractivity contribution >= 4 is 34.5 Å². The number of imidazole rings is 1. The van der Waals surface area contributed by atoms with Gasteiger partial charge in [-0.05, 0) is 49.6 Å². The predicted molar refractivity (Wildman–Crippen MR) is 156 cm³/mol. The second-order valence-corrected chi connectivity index (χ2v) is 12.0. The molecule has 3 fully saturated rings. The molecule has 3 aliphatic rings. The number of hydrogen-bond donors (Lipinski definition) is 2. The third-order valence-electron chi connectivity index (χ3n) is 8.96. The SMILES string of the molecule is CC(c1ccnc(Nc2nc3ccc(-c4cc(N5CC(F)(F)C5)ncn4)cc3[nH]2)c1)N1CCN(C(=O)C2(C(F)(F)F)CC2)CC1. The van der Waals surface area contributed by atoms with Gasteiger partial charge in [0.1, 0.15) is 23.4 Å². The number of anilines is 3. The maximum atomic E-state index is 13.4. The standard InChI is InChI=1S/C30H30F5N9O/c1-18(42-8-10-43(11-9-42)26(45)28(5-6-28)30(33,34)35)19-4-7-36-24(13-19)41-27-39-21-3-2-20(12-23(21)40-27)22-14-25(38-17-37-22)44-15-29(31,32)16-44/h2-4,7,12-14,17-18H,5-6,8-11,15-16H2,1H3,(H2,36,39,40,41). The summed E-state index contributed by atoms with van der Waals surface area (Å²) in [5.74, 6) is -2.02. The van der Waals surface area contributed by atoms with E-state index in [1.54, 1.807) is 12.3 Å². The molecule has 1 unspecified atom stereocenters. The minimum Gasteiger partial charge on any atom is -0.344 e. The van der Waals surface area contributed by atoms with E-state index >= 15 is 0 Å². The van der Waals surface area contributed by atoms with E-state index in [2.05, 4.69) is 35.1 Å². The van der Waals surface area contributed by atoms with E-state index < -0.39 is 23.4 Å². The monoisotopic (exact) mass is 627 g/mol. The molecule has 1 aromatic carbocycles. The maximum absolute atomic E-state index is 13.4. The number of fused-ring (bicyclic) bond motifs is 1. The molecule has 45 heavy (non-hydrogen) atoms. The van der Waals surface area contributed by atoms with Crippen molar-refractivity contribution < 1.29 is 26.7 Å². The second-order valence-electron chi connectivity index (χ2n) is 12.0. The fourth-order valence-electron chi connectivity index (χ4n) is 6.05. The molecule has 236 valence electrons. The Balaban J connectivity index is 1.00. The van der Waals surface area contributed by atoms with E-state index in [4.69, 9.17) is 0 Å². The molecule has 1 saturated carbocycles. The van der Waals surface area contributed by atoms with Crippen molar-refractivity contribution in [1.29, 1.82) is 0 Å². The Morgan fingerprint density at radius 3 is 2.44 bits per heavy atom. The van der Waals surface area contributed by atoms with E-state index in [1.807, 2.05) is 37.3 Å². The minimum atomic E-state index is -4.50. The number of piperazine rings is 1. The topological polar surface area (TPSA) is 106 Å². The fourth-order valence-corrected chi connectivity index (χ4v) is 6.05. The molecule has 2 N–H and O–H groups in total. The number of amides is 1. The summed E-state index contributed by atoms with van der Waals surface area (Å²) in [5, 5.41) is 3.20. The lowest BCUT2D eigenvalue weighted by Gasteiger charge is -2.39. The van der Waals surface area contributed by atoms with Crippen molar-refractivity contribution in [2.75, 3.05) is 49.5 Å². The van der Waals surface area contributed by atoms with E-state index in [1.165, 1.54) is 16.1 Å². The van der Waals surface area contributed by atoms with Crippen molar-refractivity contribution in [3.63, 3.8) is 0 Å². The number of nitrogens with one attached hydrogen (secondary N) is 2. The molecule has 15 heteroatoms. The molecule has 7 rings (SSSR count). The van der Waals surface area contributed by atoms with Gasteiger partial charge in [-0.25, -0.2) is 28.7 Å². The summed E-state index contributed by atoms with van der Waals surface area (Å²) in [4.78, 5) is 38.4. The highest BCUT2D eigenvalue weighted by Crippen LogP contribution is 2.58. The number of carbonyl (C=O) groups is 1. The molecule has 2 saturated heterocycles. The van der Waals surface area contributed by atoms with Crippen LogP contribution in [0, 0.1) is 5.41 Å². The molecular weight excluding hydrogens is 597 g/mol. The first-order chi connectivity index (χ1) is 21.4. The minimum absolute atomic E-state index is 0.0539. The zero-order chi connectivity index (χ0) is 31.6.